The van der Waals surface area contributed by atoms with Gasteiger partial charge in [-0.2, -0.15) is 0 Å². The third kappa shape index (κ3) is 1.54. The lowest BCUT2D eigenvalue weighted by Crippen LogP contribution is -2.41. The molecule has 84 valence electrons. The Morgan fingerprint density at radius 2 is 2.25 bits per heavy atom. The molecule has 0 aromatic heterocycles. The topological polar surface area (TPSA) is 15.6 Å². The molecule has 2 aliphatic rings. The van der Waals surface area contributed by atoms with Crippen molar-refractivity contribution in [2.75, 3.05) is 19.3 Å². The summed E-state index contributed by atoms with van der Waals surface area (Å²) in [7, 11) is 0. The predicted octanol–water partition coefficient (Wildman–Crippen LogP) is 2.71. The van der Waals surface area contributed by atoms with E-state index in [2.05, 4.69) is 40.4 Å². The van der Waals surface area contributed by atoms with Crippen molar-refractivity contribution in [1.29, 1.82) is 0 Å². The maximum Gasteiger partial charge on any atom is 0.159 e. The highest BCUT2D eigenvalue weighted by Crippen LogP contribution is 2.35. The van der Waals surface area contributed by atoms with Gasteiger partial charge in [-0.15, -0.1) is 0 Å². The first-order valence-electron chi connectivity index (χ1n) is 5.83. The van der Waals surface area contributed by atoms with Crippen LogP contribution in [0.5, 0.6) is 0 Å². The molecule has 0 spiro atoms. The van der Waals surface area contributed by atoms with E-state index in [-0.39, 0.29) is 0 Å². The van der Waals surface area contributed by atoms with Crippen molar-refractivity contribution >= 4 is 16.9 Å². The highest BCUT2D eigenvalue weighted by atomic mass is 32.2. The molecule has 0 amide bonds. The first kappa shape index (κ1) is 10.2. The van der Waals surface area contributed by atoms with Crippen LogP contribution >= 0.6 is 11.8 Å². The summed E-state index contributed by atoms with van der Waals surface area (Å²) in [5.74, 6) is 0. The van der Waals surface area contributed by atoms with Crippen LogP contribution in [0.4, 0.5) is 0 Å². The van der Waals surface area contributed by atoms with Crippen molar-refractivity contribution in [3.05, 3.63) is 35.4 Å². The monoisotopic (exact) mass is 232 g/mol. The zero-order chi connectivity index (χ0) is 11.0. The highest BCUT2D eigenvalue weighted by Gasteiger charge is 2.30. The normalized spacial score (nSPS) is 23.4. The van der Waals surface area contributed by atoms with Crippen molar-refractivity contribution in [2.45, 2.75) is 18.9 Å². The van der Waals surface area contributed by atoms with Gasteiger partial charge in [0.25, 0.3) is 0 Å². The molecule has 16 heavy (non-hydrogen) atoms. The lowest BCUT2D eigenvalue weighted by atomic mass is 9.90. The van der Waals surface area contributed by atoms with Crippen molar-refractivity contribution in [1.82, 2.24) is 4.90 Å². The molecule has 1 aromatic rings. The zero-order valence-electron chi connectivity index (χ0n) is 9.52. The van der Waals surface area contributed by atoms with E-state index in [0.717, 1.165) is 19.5 Å². The molecule has 2 heterocycles. The number of benzene rings is 1. The van der Waals surface area contributed by atoms with Crippen LogP contribution in [0.25, 0.3) is 0 Å². The summed E-state index contributed by atoms with van der Waals surface area (Å²) in [5, 5.41) is 1.23. The quantitative estimate of drug-likeness (QED) is 0.683. The highest BCUT2D eigenvalue weighted by molar-refractivity contribution is 8.13. The Hall–Kier alpha value is -0.960. The van der Waals surface area contributed by atoms with E-state index in [4.69, 9.17) is 0 Å². The number of hydrogen-bond donors (Lipinski definition) is 0. The van der Waals surface area contributed by atoms with Gasteiger partial charge in [-0.05, 0) is 30.2 Å². The standard InChI is InChI=1S/C13H16N2S/c1-16-13-14-8-6-12-11-5-3-2-4-10(11)7-9-15(12)13/h2-5,12H,6-9H2,1H3. The fourth-order valence-electron chi connectivity index (χ4n) is 2.75. The van der Waals surface area contributed by atoms with Gasteiger partial charge in [-0.3, -0.25) is 4.99 Å². The fourth-order valence-corrected chi connectivity index (χ4v) is 3.42. The van der Waals surface area contributed by atoms with Crippen molar-refractivity contribution in [2.24, 2.45) is 4.99 Å². The van der Waals surface area contributed by atoms with E-state index in [1.165, 1.54) is 22.7 Å². The first-order chi connectivity index (χ1) is 7.90. The van der Waals surface area contributed by atoms with Crippen molar-refractivity contribution in [3.8, 4) is 0 Å². The van der Waals surface area contributed by atoms with Crippen LogP contribution in [0.2, 0.25) is 0 Å². The van der Waals surface area contributed by atoms with Gasteiger partial charge < -0.3 is 4.90 Å². The molecule has 1 atom stereocenters. The summed E-state index contributed by atoms with van der Waals surface area (Å²) < 4.78 is 0. The Morgan fingerprint density at radius 1 is 1.38 bits per heavy atom. The smallest absolute Gasteiger partial charge is 0.159 e. The molecule has 0 N–H and O–H groups in total. The number of rotatable bonds is 0. The third-order valence-electron chi connectivity index (χ3n) is 3.49. The average molecular weight is 232 g/mol. The van der Waals surface area contributed by atoms with Crippen LogP contribution in [-0.4, -0.2) is 29.4 Å². The molecule has 3 heteroatoms. The Morgan fingerprint density at radius 3 is 3.12 bits per heavy atom. The summed E-state index contributed by atoms with van der Waals surface area (Å²) >= 11 is 1.78. The van der Waals surface area contributed by atoms with Crippen LogP contribution < -0.4 is 0 Å². The van der Waals surface area contributed by atoms with E-state index in [9.17, 15) is 0 Å². The molecule has 0 aliphatic carbocycles. The van der Waals surface area contributed by atoms with Gasteiger partial charge in [0.15, 0.2) is 5.17 Å². The van der Waals surface area contributed by atoms with Crippen molar-refractivity contribution in [3.63, 3.8) is 0 Å². The van der Waals surface area contributed by atoms with Crippen LogP contribution in [0.3, 0.4) is 0 Å². The molecule has 2 nitrogen and oxygen atoms in total. The molecule has 2 aliphatic heterocycles. The number of aliphatic imine (C=N–C) groups is 1. The van der Waals surface area contributed by atoms with Crippen LogP contribution in [0.1, 0.15) is 23.6 Å². The van der Waals surface area contributed by atoms with Gasteiger partial charge in [-0.1, -0.05) is 36.0 Å². The minimum atomic E-state index is 0.574. The Balaban J connectivity index is 2.00. The number of hydrogen-bond acceptors (Lipinski definition) is 3. The molecule has 3 rings (SSSR count). The summed E-state index contributed by atoms with van der Waals surface area (Å²) in [6.45, 7) is 2.10. The first-order valence-corrected chi connectivity index (χ1v) is 7.05. The van der Waals surface area contributed by atoms with Crippen LogP contribution in [-0.2, 0) is 6.42 Å². The molecule has 1 unspecified atom stereocenters. The van der Waals surface area contributed by atoms with E-state index < -0.39 is 0 Å². The van der Waals surface area contributed by atoms with E-state index >= 15 is 0 Å². The second-order valence-corrected chi connectivity index (χ2v) is 5.09. The van der Waals surface area contributed by atoms with Crippen molar-refractivity contribution < 1.29 is 0 Å². The number of thioether (sulfide) groups is 1. The Labute approximate surface area is 101 Å². The summed E-state index contributed by atoms with van der Waals surface area (Å²) in [6, 6.07) is 9.45. The molecular formula is C13H16N2S. The third-order valence-corrected chi connectivity index (χ3v) is 4.22. The molecule has 0 fully saturated rings. The van der Waals surface area contributed by atoms with E-state index in [0.29, 0.717) is 6.04 Å². The van der Waals surface area contributed by atoms with E-state index in [1.54, 1.807) is 11.8 Å². The Bertz CT molecular complexity index is 428. The van der Waals surface area contributed by atoms with Gasteiger partial charge in [0.05, 0.1) is 6.04 Å². The zero-order valence-corrected chi connectivity index (χ0v) is 10.3. The number of fused-ring (bicyclic) bond motifs is 3. The summed E-state index contributed by atoms with van der Waals surface area (Å²) in [5.41, 5.74) is 3.06. The second-order valence-electron chi connectivity index (χ2n) is 4.32. The minimum Gasteiger partial charge on any atom is -0.344 e. The van der Waals surface area contributed by atoms with Crippen LogP contribution in [0.15, 0.2) is 29.3 Å². The lowest BCUT2D eigenvalue weighted by Gasteiger charge is -2.41. The predicted molar refractivity (Wildman–Crippen MR) is 70.0 cm³/mol. The van der Waals surface area contributed by atoms with Gasteiger partial charge in [0.2, 0.25) is 0 Å². The van der Waals surface area contributed by atoms with Gasteiger partial charge in [0.1, 0.15) is 0 Å². The van der Waals surface area contributed by atoms with Gasteiger partial charge in [-0.25, -0.2) is 0 Å². The summed E-state index contributed by atoms with van der Waals surface area (Å²) in [4.78, 5) is 7.09. The molecule has 0 saturated heterocycles. The fraction of sp³-hybridized carbons (Fsp3) is 0.462. The molecular weight excluding hydrogens is 216 g/mol. The SMILES string of the molecule is CSC1=NCCC2c3ccccc3CCN12. The largest absolute Gasteiger partial charge is 0.344 e. The lowest BCUT2D eigenvalue weighted by molar-refractivity contribution is 0.278. The average Bonchev–Trinajstić information content (AvgIpc) is 2.37. The van der Waals surface area contributed by atoms with E-state index in [1.807, 2.05) is 0 Å². The second kappa shape index (κ2) is 4.13. The van der Waals surface area contributed by atoms with Crippen LogP contribution in [0, 0.1) is 0 Å². The minimum absolute atomic E-state index is 0.574. The van der Waals surface area contributed by atoms with Gasteiger partial charge in [0, 0.05) is 13.1 Å². The molecule has 0 bridgehead atoms. The Kier molecular flexibility index (Phi) is 2.64. The van der Waals surface area contributed by atoms with Gasteiger partial charge >= 0.3 is 0 Å². The molecule has 1 aromatic carbocycles. The molecule has 0 saturated carbocycles. The number of amidine groups is 1. The maximum absolute atomic E-state index is 4.61. The summed E-state index contributed by atoms with van der Waals surface area (Å²) in [6.07, 6.45) is 4.45. The maximum atomic E-state index is 4.61. The number of nitrogens with zero attached hydrogens (tertiary/aromatic N) is 2. The molecule has 0 radical (unpaired) electrons.